The van der Waals surface area contributed by atoms with E-state index in [-0.39, 0.29) is 30.4 Å². The molecule has 0 unspecified atom stereocenters. The zero-order chi connectivity index (χ0) is 20.9. The molecule has 0 aliphatic rings. The fourth-order valence-corrected chi connectivity index (χ4v) is 3.08. The number of carbonyl (C=O) groups excluding carboxylic acids is 1. The summed E-state index contributed by atoms with van der Waals surface area (Å²) in [6.45, 7) is 0.0908. The second kappa shape index (κ2) is 8.57. The summed E-state index contributed by atoms with van der Waals surface area (Å²) < 4.78 is 20.2. The molecule has 0 spiro atoms. The van der Waals surface area contributed by atoms with Gasteiger partial charge in [-0.2, -0.15) is 0 Å². The molecule has 0 saturated carbocycles. The number of benzene rings is 3. The summed E-state index contributed by atoms with van der Waals surface area (Å²) in [6, 6.07) is 20.2. The van der Waals surface area contributed by atoms with Crippen LogP contribution in [0.3, 0.4) is 0 Å². The van der Waals surface area contributed by atoms with Crippen molar-refractivity contribution in [1.29, 1.82) is 0 Å². The van der Waals surface area contributed by atoms with Crippen LogP contribution in [-0.4, -0.2) is 15.5 Å². The quantitative estimate of drug-likeness (QED) is 0.532. The first-order valence-corrected chi connectivity index (χ1v) is 9.30. The third-order valence-corrected chi connectivity index (χ3v) is 4.47. The minimum Gasteiger partial charge on any atom is -0.489 e. The number of aromatic nitrogens is 2. The smallest absolute Gasteiger partial charge is 0.269 e. The van der Waals surface area contributed by atoms with Crippen molar-refractivity contribution in [2.24, 2.45) is 0 Å². The molecule has 6 nitrogen and oxygen atoms in total. The van der Waals surface area contributed by atoms with Crippen LogP contribution in [0, 0.1) is 5.82 Å². The van der Waals surface area contributed by atoms with Gasteiger partial charge in [0.25, 0.3) is 5.56 Å². The van der Waals surface area contributed by atoms with Gasteiger partial charge in [0.15, 0.2) is 0 Å². The van der Waals surface area contributed by atoms with Crippen LogP contribution in [0.2, 0.25) is 0 Å². The lowest BCUT2D eigenvalue weighted by atomic mass is 10.2. The van der Waals surface area contributed by atoms with Crippen molar-refractivity contribution >= 4 is 22.6 Å². The van der Waals surface area contributed by atoms with Gasteiger partial charge in [0, 0.05) is 11.8 Å². The van der Waals surface area contributed by atoms with Gasteiger partial charge in [-0.05, 0) is 42.0 Å². The predicted octanol–water partition coefficient (Wildman–Crippen LogP) is 3.75. The van der Waals surface area contributed by atoms with Crippen molar-refractivity contribution < 1.29 is 13.9 Å². The molecule has 4 aromatic rings. The molecule has 0 aliphatic heterocycles. The first-order valence-electron chi connectivity index (χ1n) is 9.30. The molecule has 3 aromatic carbocycles. The highest BCUT2D eigenvalue weighted by Crippen LogP contribution is 2.16. The lowest BCUT2D eigenvalue weighted by Gasteiger charge is -2.11. The second-order valence-electron chi connectivity index (χ2n) is 6.67. The fraction of sp³-hybridized carbons (Fsp3) is 0.0870. The number of para-hydroxylation sites is 2. The van der Waals surface area contributed by atoms with Crippen LogP contribution in [0.5, 0.6) is 5.75 Å². The third-order valence-electron chi connectivity index (χ3n) is 4.47. The number of amides is 1. The van der Waals surface area contributed by atoms with Crippen molar-refractivity contribution in [2.45, 2.75) is 13.2 Å². The van der Waals surface area contributed by atoms with E-state index in [1.165, 1.54) is 22.9 Å². The summed E-state index contributed by atoms with van der Waals surface area (Å²) in [6.07, 6.45) is 1.21. The van der Waals surface area contributed by atoms with Crippen LogP contribution in [0.1, 0.15) is 5.56 Å². The van der Waals surface area contributed by atoms with Gasteiger partial charge in [0.05, 0.1) is 17.2 Å². The molecule has 0 radical (unpaired) electrons. The molecule has 0 bridgehead atoms. The van der Waals surface area contributed by atoms with Crippen molar-refractivity contribution in [3.05, 3.63) is 101 Å². The second-order valence-corrected chi connectivity index (χ2v) is 6.67. The Morgan fingerprint density at radius 2 is 1.87 bits per heavy atom. The number of fused-ring (bicyclic) bond motifs is 1. The van der Waals surface area contributed by atoms with Gasteiger partial charge in [-0.25, -0.2) is 9.37 Å². The largest absolute Gasteiger partial charge is 0.489 e. The van der Waals surface area contributed by atoms with Crippen LogP contribution in [0.25, 0.3) is 11.0 Å². The minimum atomic E-state index is -0.368. The Morgan fingerprint density at radius 1 is 1.03 bits per heavy atom. The van der Waals surface area contributed by atoms with E-state index in [1.807, 2.05) is 12.1 Å². The highest BCUT2D eigenvalue weighted by molar-refractivity contribution is 5.91. The fourth-order valence-electron chi connectivity index (χ4n) is 3.08. The molecule has 0 fully saturated rings. The van der Waals surface area contributed by atoms with Crippen molar-refractivity contribution in [3.63, 3.8) is 0 Å². The zero-order valence-electron chi connectivity index (χ0n) is 15.9. The molecule has 1 aromatic heterocycles. The predicted molar refractivity (Wildman–Crippen MR) is 112 cm³/mol. The molecule has 150 valence electrons. The van der Waals surface area contributed by atoms with Crippen molar-refractivity contribution in [1.82, 2.24) is 9.55 Å². The van der Waals surface area contributed by atoms with Gasteiger partial charge < -0.3 is 10.1 Å². The van der Waals surface area contributed by atoms with E-state index in [9.17, 15) is 14.0 Å². The van der Waals surface area contributed by atoms with E-state index < -0.39 is 0 Å². The molecule has 1 amide bonds. The molecule has 1 N–H and O–H groups in total. The number of nitrogens with zero attached hydrogens (tertiary/aromatic N) is 2. The molecular weight excluding hydrogens is 385 g/mol. The summed E-state index contributed by atoms with van der Waals surface area (Å²) in [5.74, 6) is -0.280. The third kappa shape index (κ3) is 4.52. The minimum absolute atomic E-state index is 0.133. The number of anilines is 1. The lowest BCUT2D eigenvalue weighted by molar-refractivity contribution is -0.116. The maximum absolute atomic E-state index is 13.2. The number of nitrogens with one attached hydrogen (secondary N) is 1. The Kier molecular flexibility index (Phi) is 5.52. The van der Waals surface area contributed by atoms with Crippen LogP contribution >= 0.6 is 0 Å². The van der Waals surface area contributed by atoms with Gasteiger partial charge in [-0.3, -0.25) is 14.2 Å². The summed E-state index contributed by atoms with van der Waals surface area (Å²) >= 11 is 0. The van der Waals surface area contributed by atoms with Gasteiger partial charge >= 0.3 is 0 Å². The number of ether oxygens (including phenoxy) is 1. The summed E-state index contributed by atoms with van der Waals surface area (Å²) in [4.78, 5) is 28.8. The normalized spacial score (nSPS) is 10.7. The summed E-state index contributed by atoms with van der Waals surface area (Å²) in [5.41, 5.74) is 2.27. The van der Waals surface area contributed by atoms with Crippen molar-refractivity contribution in [3.8, 4) is 5.75 Å². The van der Waals surface area contributed by atoms with Gasteiger partial charge in [-0.15, -0.1) is 0 Å². The maximum Gasteiger partial charge on any atom is 0.269 e. The van der Waals surface area contributed by atoms with Crippen LogP contribution in [0.4, 0.5) is 10.1 Å². The number of rotatable bonds is 6. The maximum atomic E-state index is 13.2. The number of hydrogen-bond acceptors (Lipinski definition) is 4. The standard InChI is InChI=1S/C23H18FN3O3/c24-17-6-4-8-19(12-17)30-15-16-5-3-7-18(11-16)26-22(28)14-27-21-10-2-1-9-20(21)25-13-23(27)29/h1-13H,14-15H2,(H,26,28). The van der Waals surface area contributed by atoms with Crippen LogP contribution < -0.4 is 15.6 Å². The molecule has 1 heterocycles. The first kappa shape index (κ1) is 19.3. The molecule has 0 aliphatic carbocycles. The van der Waals surface area contributed by atoms with Crippen LogP contribution in [0.15, 0.2) is 83.8 Å². The number of halogens is 1. The van der Waals surface area contributed by atoms with Gasteiger partial charge in [-0.1, -0.05) is 30.3 Å². The lowest BCUT2D eigenvalue weighted by Crippen LogP contribution is -2.28. The van der Waals surface area contributed by atoms with Crippen molar-refractivity contribution in [2.75, 3.05) is 5.32 Å². The van der Waals surface area contributed by atoms with E-state index in [0.717, 1.165) is 5.56 Å². The van der Waals surface area contributed by atoms with E-state index in [0.29, 0.717) is 22.5 Å². The summed E-state index contributed by atoms with van der Waals surface area (Å²) in [7, 11) is 0. The average Bonchev–Trinajstić information content (AvgIpc) is 2.75. The van der Waals surface area contributed by atoms with Crippen LogP contribution in [-0.2, 0) is 17.9 Å². The Labute approximate surface area is 171 Å². The molecule has 0 saturated heterocycles. The molecule has 4 rings (SSSR count). The molecule has 0 atom stereocenters. The number of hydrogen-bond donors (Lipinski definition) is 1. The number of carbonyl (C=O) groups is 1. The van der Waals surface area contributed by atoms with E-state index in [2.05, 4.69) is 10.3 Å². The SMILES string of the molecule is O=C(Cn1c(=O)cnc2ccccc21)Nc1cccc(COc2cccc(F)c2)c1. The van der Waals surface area contributed by atoms with Gasteiger partial charge in [0.1, 0.15) is 24.7 Å². The molecular formula is C23H18FN3O3. The Morgan fingerprint density at radius 3 is 2.73 bits per heavy atom. The van der Waals surface area contributed by atoms with Gasteiger partial charge in [0.2, 0.25) is 5.91 Å². The van der Waals surface area contributed by atoms with E-state index in [4.69, 9.17) is 4.74 Å². The Bertz CT molecular complexity index is 1270. The topological polar surface area (TPSA) is 73.2 Å². The Balaban J connectivity index is 1.45. The highest BCUT2D eigenvalue weighted by atomic mass is 19.1. The molecule has 30 heavy (non-hydrogen) atoms. The van der Waals surface area contributed by atoms with E-state index in [1.54, 1.807) is 48.5 Å². The zero-order valence-corrected chi connectivity index (χ0v) is 15.9. The average molecular weight is 403 g/mol. The Hall–Kier alpha value is -4.00. The monoisotopic (exact) mass is 403 g/mol. The summed E-state index contributed by atoms with van der Waals surface area (Å²) in [5, 5.41) is 2.80. The molecule has 7 heteroatoms. The highest BCUT2D eigenvalue weighted by Gasteiger charge is 2.09. The first-order chi connectivity index (χ1) is 14.6. The van der Waals surface area contributed by atoms with E-state index >= 15 is 0 Å².